The molecule has 2 N–H and O–H groups in total. The lowest BCUT2D eigenvalue weighted by Gasteiger charge is -2.30. The molecule has 1 atom stereocenters. The summed E-state index contributed by atoms with van der Waals surface area (Å²) in [4.78, 5) is 7.10. The summed E-state index contributed by atoms with van der Waals surface area (Å²) in [5.74, 6) is 0.991. The van der Waals surface area contributed by atoms with Gasteiger partial charge in [0.05, 0.1) is 12.6 Å². The van der Waals surface area contributed by atoms with Crippen molar-refractivity contribution in [3.8, 4) is 0 Å². The summed E-state index contributed by atoms with van der Waals surface area (Å²) in [6.07, 6.45) is 0. The molecule has 0 amide bonds. The Morgan fingerprint density at radius 2 is 2.00 bits per heavy atom. The number of likely N-dealkylation sites (N-methyl/N-ethyl adjacent to an activating group) is 1. The minimum Gasteiger partial charge on any atom is -0.383 e. The lowest BCUT2D eigenvalue weighted by atomic mass is 9.90. The van der Waals surface area contributed by atoms with Gasteiger partial charge in [-0.3, -0.25) is 0 Å². The van der Waals surface area contributed by atoms with Crippen LogP contribution in [-0.2, 0) is 16.7 Å². The van der Waals surface area contributed by atoms with Gasteiger partial charge in [0, 0.05) is 31.3 Å². The van der Waals surface area contributed by atoms with Crippen LogP contribution in [0.4, 0.5) is 5.82 Å². The number of nitrogens with two attached hydrogens (primary N) is 1. The Kier molecular flexibility index (Phi) is 5.96. The van der Waals surface area contributed by atoms with E-state index >= 15 is 0 Å². The summed E-state index contributed by atoms with van der Waals surface area (Å²) in [5, 5.41) is 0. The highest BCUT2D eigenvalue weighted by Gasteiger charge is 2.20. The number of methoxy groups -OCH3 is 1. The van der Waals surface area contributed by atoms with Gasteiger partial charge in [-0.2, -0.15) is 0 Å². The van der Waals surface area contributed by atoms with Gasteiger partial charge in [0.2, 0.25) is 0 Å². The summed E-state index contributed by atoms with van der Waals surface area (Å²) >= 11 is 0. The third kappa shape index (κ3) is 4.18. The Bertz CT molecular complexity index is 426. The molecule has 0 spiro atoms. The van der Waals surface area contributed by atoms with Gasteiger partial charge in [-0.05, 0) is 31.5 Å². The first-order chi connectivity index (χ1) is 9.33. The van der Waals surface area contributed by atoms with Crippen LogP contribution in [-0.4, -0.2) is 31.3 Å². The van der Waals surface area contributed by atoms with E-state index in [0.717, 1.165) is 23.6 Å². The zero-order valence-corrected chi connectivity index (χ0v) is 13.7. The van der Waals surface area contributed by atoms with Crippen molar-refractivity contribution in [2.75, 3.05) is 25.2 Å². The first-order valence-corrected chi connectivity index (χ1v) is 7.30. The number of nitrogens with zero attached hydrogens (tertiary/aromatic N) is 2. The van der Waals surface area contributed by atoms with Crippen molar-refractivity contribution in [3.05, 3.63) is 23.4 Å². The summed E-state index contributed by atoms with van der Waals surface area (Å²) in [5.41, 5.74) is 8.06. The van der Waals surface area contributed by atoms with Crippen molar-refractivity contribution in [1.29, 1.82) is 0 Å². The van der Waals surface area contributed by atoms with E-state index in [4.69, 9.17) is 15.5 Å². The Balaban J connectivity index is 3.21. The van der Waals surface area contributed by atoms with Crippen LogP contribution in [0.25, 0.3) is 0 Å². The molecule has 1 aromatic heterocycles. The fourth-order valence-electron chi connectivity index (χ4n) is 2.25. The highest BCUT2D eigenvalue weighted by Crippen LogP contribution is 2.25. The number of ether oxygens (including phenoxy) is 1. The lowest BCUT2D eigenvalue weighted by Crippen LogP contribution is -2.37. The van der Waals surface area contributed by atoms with Crippen molar-refractivity contribution in [2.24, 2.45) is 5.73 Å². The maximum Gasteiger partial charge on any atom is 0.129 e. The van der Waals surface area contributed by atoms with E-state index in [1.54, 1.807) is 7.11 Å². The van der Waals surface area contributed by atoms with E-state index in [-0.39, 0.29) is 5.41 Å². The molecule has 0 aromatic carbocycles. The molecule has 0 aliphatic heterocycles. The first-order valence-electron chi connectivity index (χ1n) is 7.30. The Morgan fingerprint density at radius 1 is 1.35 bits per heavy atom. The lowest BCUT2D eigenvalue weighted by molar-refractivity contribution is 0.181. The van der Waals surface area contributed by atoms with Crippen LogP contribution in [0.3, 0.4) is 0 Å². The first kappa shape index (κ1) is 16.9. The number of rotatable bonds is 6. The molecule has 114 valence electrons. The fourth-order valence-corrected chi connectivity index (χ4v) is 2.25. The van der Waals surface area contributed by atoms with Gasteiger partial charge in [0.25, 0.3) is 0 Å². The normalized spacial score (nSPS) is 13.3. The van der Waals surface area contributed by atoms with Crippen LogP contribution < -0.4 is 10.6 Å². The number of hydrogen-bond acceptors (Lipinski definition) is 4. The molecule has 4 heteroatoms. The molecule has 4 nitrogen and oxygen atoms in total. The molecule has 1 rings (SSSR count). The van der Waals surface area contributed by atoms with Gasteiger partial charge in [0.15, 0.2) is 0 Å². The molecule has 0 radical (unpaired) electrons. The molecule has 1 unspecified atom stereocenters. The third-order valence-corrected chi connectivity index (χ3v) is 3.45. The van der Waals surface area contributed by atoms with Crippen LogP contribution in [0.15, 0.2) is 12.1 Å². The minimum atomic E-state index is 0.0177. The predicted octanol–water partition coefficient (Wildman–Crippen LogP) is 2.70. The van der Waals surface area contributed by atoms with Gasteiger partial charge in [0.1, 0.15) is 5.82 Å². The number of pyridine rings is 1. The van der Waals surface area contributed by atoms with E-state index in [2.05, 4.69) is 51.7 Å². The highest BCUT2D eigenvalue weighted by molar-refractivity contribution is 5.44. The zero-order chi connectivity index (χ0) is 15.3. The van der Waals surface area contributed by atoms with Crippen molar-refractivity contribution < 1.29 is 4.74 Å². The van der Waals surface area contributed by atoms with Gasteiger partial charge in [-0.25, -0.2) is 4.98 Å². The summed E-state index contributed by atoms with van der Waals surface area (Å²) in [6.45, 7) is 12.9. The second kappa shape index (κ2) is 7.04. The van der Waals surface area contributed by atoms with E-state index in [1.165, 1.54) is 0 Å². The monoisotopic (exact) mass is 279 g/mol. The van der Waals surface area contributed by atoms with Gasteiger partial charge in [-0.15, -0.1) is 0 Å². The average molecular weight is 279 g/mol. The van der Waals surface area contributed by atoms with E-state index in [0.29, 0.717) is 19.2 Å². The van der Waals surface area contributed by atoms with Crippen molar-refractivity contribution in [1.82, 2.24) is 4.98 Å². The minimum absolute atomic E-state index is 0.0177. The summed E-state index contributed by atoms with van der Waals surface area (Å²) in [6, 6.07) is 4.49. The molecule has 1 aromatic rings. The van der Waals surface area contributed by atoms with Crippen LogP contribution in [0.1, 0.15) is 45.9 Å². The summed E-state index contributed by atoms with van der Waals surface area (Å²) < 4.78 is 5.27. The molecule has 0 fully saturated rings. The van der Waals surface area contributed by atoms with Crippen molar-refractivity contribution in [2.45, 2.75) is 52.6 Å². The Labute approximate surface area is 123 Å². The average Bonchev–Trinajstić information content (AvgIpc) is 2.38. The predicted molar refractivity (Wildman–Crippen MR) is 85.2 cm³/mol. The Hall–Kier alpha value is -1.13. The topological polar surface area (TPSA) is 51.4 Å². The van der Waals surface area contributed by atoms with Crippen LogP contribution in [0, 0.1) is 0 Å². The standard InChI is InChI=1S/C16H29N3O/c1-7-19(12(2)11-20-6)15-9-13(10-17)8-14(18-15)16(3,4)5/h8-9,12H,7,10-11,17H2,1-6H3. The molecule has 1 heterocycles. The molecule has 0 saturated heterocycles. The summed E-state index contributed by atoms with van der Waals surface area (Å²) in [7, 11) is 1.73. The number of anilines is 1. The molecule has 0 aliphatic carbocycles. The van der Waals surface area contributed by atoms with E-state index in [9.17, 15) is 0 Å². The quantitative estimate of drug-likeness (QED) is 0.870. The van der Waals surface area contributed by atoms with Crippen LogP contribution in [0.2, 0.25) is 0 Å². The SMILES string of the molecule is CCN(c1cc(CN)cc(C(C)(C)C)n1)C(C)COC. The maximum atomic E-state index is 5.84. The second-order valence-electron chi connectivity index (χ2n) is 6.26. The van der Waals surface area contributed by atoms with Crippen LogP contribution in [0.5, 0.6) is 0 Å². The Morgan fingerprint density at radius 3 is 2.45 bits per heavy atom. The van der Waals surface area contributed by atoms with Gasteiger partial charge in [-0.1, -0.05) is 20.8 Å². The third-order valence-electron chi connectivity index (χ3n) is 3.45. The van der Waals surface area contributed by atoms with Crippen LogP contribution >= 0.6 is 0 Å². The molecule has 0 aliphatic rings. The maximum absolute atomic E-state index is 5.84. The molecular weight excluding hydrogens is 250 g/mol. The second-order valence-corrected chi connectivity index (χ2v) is 6.26. The zero-order valence-electron chi connectivity index (χ0n) is 13.7. The smallest absolute Gasteiger partial charge is 0.129 e. The highest BCUT2D eigenvalue weighted by atomic mass is 16.5. The van der Waals surface area contributed by atoms with Crippen molar-refractivity contribution in [3.63, 3.8) is 0 Å². The molecule has 0 bridgehead atoms. The van der Waals surface area contributed by atoms with Gasteiger partial charge < -0.3 is 15.4 Å². The van der Waals surface area contributed by atoms with E-state index < -0.39 is 0 Å². The van der Waals surface area contributed by atoms with E-state index in [1.807, 2.05) is 0 Å². The molecule has 0 saturated carbocycles. The molecule has 20 heavy (non-hydrogen) atoms. The fraction of sp³-hybridized carbons (Fsp3) is 0.688. The number of aromatic nitrogens is 1. The van der Waals surface area contributed by atoms with Crippen molar-refractivity contribution >= 4 is 5.82 Å². The largest absolute Gasteiger partial charge is 0.383 e. The molecular formula is C16H29N3O. The number of hydrogen-bond donors (Lipinski definition) is 1. The van der Waals surface area contributed by atoms with Gasteiger partial charge >= 0.3 is 0 Å².